The van der Waals surface area contributed by atoms with E-state index in [-0.39, 0.29) is 0 Å². The number of alkyl halides is 3. The SMILES string of the molecule is Cc1nc2cc(N)ccc2n1-c1ccc(C(F)(F)F)cc1. The molecule has 6 heteroatoms. The van der Waals surface area contributed by atoms with Gasteiger partial charge in [-0.25, -0.2) is 4.98 Å². The highest BCUT2D eigenvalue weighted by atomic mass is 19.4. The van der Waals surface area contributed by atoms with Crippen molar-refractivity contribution < 1.29 is 13.2 Å². The fourth-order valence-electron chi connectivity index (χ4n) is 2.34. The van der Waals surface area contributed by atoms with Crippen LogP contribution >= 0.6 is 0 Å². The predicted octanol–water partition coefficient (Wildman–Crippen LogP) is 3.93. The van der Waals surface area contributed by atoms with Crippen molar-refractivity contribution in [1.82, 2.24) is 9.55 Å². The van der Waals surface area contributed by atoms with Gasteiger partial charge in [-0.05, 0) is 49.4 Å². The molecule has 0 aliphatic heterocycles. The Kier molecular flexibility index (Phi) is 2.90. The van der Waals surface area contributed by atoms with Gasteiger partial charge in [-0.15, -0.1) is 0 Å². The zero-order valence-electron chi connectivity index (χ0n) is 11.1. The van der Waals surface area contributed by atoms with Gasteiger partial charge in [-0.3, -0.25) is 4.57 Å². The Morgan fingerprint density at radius 2 is 1.71 bits per heavy atom. The molecule has 0 amide bonds. The van der Waals surface area contributed by atoms with Gasteiger partial charge < -0.3 is 5.73 Å². The van der Waals surface area contributed by atoms with Crippen molar-refractivity contribution in [2.45, 2.75) is 13.1 Å². The summed E-state index contributed by atoms with van der Waals surface area (Å²) in [6.45, 7) is 1.80. The number of hydrogen-bond donors (Lipinski definition) is 1. The molecule has 0 atom stereocenters. The first-order chi connectivity index (χ1) is 9.86. The van der Waals surface area contributed by atoms with E-state index in [2.05, 4.69) is 4.98 Å². The van der Waals surface area contributed by atoms with Crippen LogP contribution in [0.2, 0.25) is 0 Å². The zero-order valence-corrected chi connectivity index (χ0v) is 11.1. The third-order valence-corrected chi connectivity index (χ3v) is 3.30. The third-order valence-electron chi connectivity index (χ3n) is 3.30. The molecular formula is C15H12F3N3. The topological polar surface area (TPSA) is 43.8 Å². The summed E-state index contributed by atoms with van der Waals surface area (Å²) in [6, 6.07) is 10.3. The average molecular weight is 291 g/mol. The van der Waals surface area contributed by atoms with Crippen LogP contribution in [0.25, 0.3) is 16.7 Å². The maximum atomic E-state index is 12.6. The zero-order chi connectivity index (χ0) is 15.2. The highest BCUT2D eigenvalue weighted by Gasteiger charge is 2.30. The van der Waals surface area contributed by atoms with Gasteiger partial charge in [0.2, 0.25) is 0 Å². The number of nitrogens with two attached hydrogens (primary N) is 1. The lowest BCUT2D eigenvalue weighted by molar-refractivity contribution is -0.137. The van der Waals surface area contributed by atoms with Crippen molar-refractivity contribution in [3.05, 3.63) is 53.9 Å². The van der Waals surface area contributed by atoms with E-state index in [0.29, 0.717) is 22.7 Å². The molecule has 0 unspecified atom stereocenters. The first-order valence-electron chi connectivity index (χ1n) is 6.28. The number of aromatic nitrogens is 2. The van der Waals surface area contributed by atoms with Crippen LogP contribution in [0.3, 0.4) is 0 Å². The van der Waals surface area contributed by atoms with E-state index >= 15 is 0 Å². The lowest BCUT2D eigenvalue weighted by Gasteiger charge is -2.10. The van der Waals surface area contributed by atoms with Crippen molar-refractivity contribution in [1.29, 1.82) is 0 Å². The van der Waals surface area contributed by atoms with Crippen LogP contribution in [0.1, 0.15) is 11.4 Å². The largest absolute Gasteiger partial charge is 0.416 e. The van der Waals surface area contributed by atoms with Crippen molar-refractivity contribution >= 4 is 16.7 Å². The first kappa shape index (κ1) is 13.5. The number of halogens is 3. The van der Waals surface area contributed by atoms with Gasteiger partial charge >= 0.3 is 6.18 Å². The molecule has 108 valence electrons. The van der Waals surface area contributed by atoms with Crippen LogP contribution in [-0.4, -0.2) is 9.55 Å². The highest BCUT2D eigenvalue weighted by Crippen LogP contribution is 2.30. The number of hydrogen-bond acceptors (Lipinski definition) is 2. The number of aryl methyl sites for hydroxylation is 1. The summed E-state index contributed by atoms with van der Waals surface area (Å²) in [4.78, 5) is 4.38. The molecule has 2 aromatic carbocycles. The van der Waals surface area contributed by atoms with Gasteiger partial charge in [0.05, 0.1) is 16.6 Å². The van der Waals surface area contributed by atoms with E-state index in [0.717, 1.165) is 17.6 Å². The molecule has 0 fully saturated rings. The second-order valence-electron chi connectivity index (χ2n) is 4.79. The van der Waals surface area contributed by atoms with Gasteiger partial charge in [0.15, 0.2) is 0 Å². The Bertz CT molecular complexity index is 801. The quantitative estimate of drug-likeness (QED) is 0.690. The van der Waals surface area contributed by atoms with E-state index in [1.807, 2.05) is 6.07 Å². The maximum absolute atomic E-state index is 12.6. The average Bonchev–Trinajstić information content (AvgIpc) is 2.73. The van der Waals surface area contributed by atoms with Crippen LogP contribution in [0, 0.1) is 6.92 Å². The molecule has 21 heavy (non-hydrogen) atoms. The summed E-state index contributed by atoms with van der Waals surface area (Å²) < 4.78 is 39.6. The number of benzene rings is 2. The van der Waals surface area contributed by atoms with E-state index in [1.54, 1.807) is 23.6 Å². The summed E-state index contributed by atoms with van der Waals surface area (Å²) in [5, 5.41) is 0. The molecule has 0 aliphatic carbocycles. The number of imidazole rings is 1. The minimum atomic E-state index is -4.33. The van der Waals surface area contributed by atoms with Crippen molar-refractivity contribution in [3.8, 4) is 5.69 Å². The Morgan fingerprint density at radius 1 is 1.05 bits per heavy atom. The minimum Gasteiger partial charge on any atom is -0.399 e. The van der Waals surface area contributed by atoms with E-state index in [4.69, 9.17) is 5.73 Å². The highest BCUT2D eigenvalue weighted by molar-refractivity contribution is 5.81. The molecule has 0 saturated carbocycles. The van der Waals surface area contributed by atoms with E-state index in [9.17, 15) is 13.2 Å². The normalized spacial score (nSPS) is 12.0. The number of rotatable bonds is 1. The second kappa shape index (κ2) is 4.51. The minimum absolute atomic E-state index is 0.597. The van der Waals surface area contributed by atoms with Gasteiger partial charge in [-0.1, -0.05) is 0 Å². The Morgan fingerprint density at radius 3 is 2.33 bits per heavy atom. The van der Waals surface area contributed by atoms with Gasteiger partial charge in [0.25, 0.3) is 0 Å². The van der Waals surface area contributed by atoms with Crippen LogP contribution in [0.4, 0.5) is 18.9 Å². The molecule has 0 radical (unpaired) electrons. The van der Waals surface area contributed by atoms with Crippen LogP contribution < -0.4 is 5.73 Å². The fourth-order valence-corrected chi connectivity index (χ4v) is 2.34. The molecule has 3 rings (SSSR count). The molecule has 2 N–H and O–H groups in total. The monoisotopic (exact) mass is 291 g/mol. The van der Waals surface area contributed by atoms with Gasteiger partial charge in [0, 0.05) is 11.4 Å². The molecule has 0 aliphatic rings. The summed E-state index contributed by atoms with van der Waals surface area (Å²) in [6.07, 6.45) is -4.33. The Labute approximate surface area is 118 Å². The number of fused-ring (bicyclic) bond motifs is 1. The number of nitrogen functional groups attached to an aromatic ring is 1. The smallest absolute Gasteiger partial charge is 0.399 e. The summed E-state index contributed by atoms with van der Waals surface area (Å²) in [7, 11) is 0. The molecule has 3 nitrogen and oxygen atoms in total. The van der Waals surface area contributed by atoms with Crippen molar-refractivity contribution in [3.63, 3.8) is 0 Å². The molecule has 1 aromatic heterocycles. The van der Waals surface area contributed by atoms with Gasteiger partial charge in [-0.2, -0.15) is 13.2 Å². The molecule has 1 heterocycles. The van der Waals surface area contributed by atoms with Crippen molar-refractivity contribution in [2.24, 2.45) is 0 Å². The third kappa shape index (κ3) is 2.33. The lowest BCUT2D eigenvalue weighted by Crippen LogP contribution is -2.05. The first-order valence-corrected chi connectivity index (χ1v) is 6.28. The Hall–Kier alpha value is -2.50. The maximum Gasteiger partial charge on any atom is 0.416 e. The predicted molar refractivity (Wildman–Crippen MR) is 75.2 cm³/mol. The van der Waals surface area contributed by atoms with Crippen LogP contribution in [0.5, 0.6) is 0 Å². The van der Waals surface area contributed by atoms with Crippen LogP contribution in [-0.2, 0) is 6.18 Å². The molecule has 0 saturated heterocycles. The van der Waals surface area contributed by atoms with E-state index < -0.39 is 11.7 Å². The second-order valence-corrected chi connectivity index (χ2v) is 4.79. The molecule has 3 aromatic rings. The van der Waals surface area contributed by atoms with E-state index in [1.165, 1.54) is 12.1 Å². The van der Waals surface area contributed by atoms with Gasteiger partial charge in [0.1, 0.15) is 5.82 Å². The van der Waals surface area contributed by atoms with Crippen LogP contribution in [0.15, 0.2) is 42.5 Å². The summed E-state index contributed by atoms with van der Waals surface area (Å²) >= 11 is 0. The lowest BCUT2D eigenvalue weighted by atomic mass is 10.2. The Balaban J connectivity index is 2.14. The fraction of sp³-hybridized carbons (Fsp3) is 0.133. The molecule has 0 bridgehead atoms. The number of nitrogens with zero attached hydrogens (tertiary/aromatic N) is 2. The summed E-state index contributed by atoms with van der Waals surface area (Å²) in [5.41, 5.74) is 7.80. The number of anilines is 1. The standard InChI is InChI=1S/C15H12F3N3/c1-9-20-13-8-11(19)4-7-14(13)21(9)12-5-2-10(3-6-12)15(16,17)18/h2-8H,19H2,1H3. The summed E-state index contributed by atoms with van der Waals surface area (Å²) in [5.74, 6) is 0.690. The molecular weight excluding hydrogens is 279 g/mol. The van der Waals surface area contributed by atoms with Crippen molar-refractivity contribution in [2.75, 3.05) is 5.73 Å². The molecule has 0 spiro atoms.